The first-order chi connectivity index (χ1) is 10.8. The first kappa shape index (κ1) is 17.8. The molecule has 0 aliphatic carbocycles. The average molecular weight is 361 g/mol. The molecule has 0 amide bonds. The molecule has 9 heteroatoms. The van der Waals surface area contributed by atoms with Gasteiger partial charge in [-0.05, 0) is 0 Å². The number of ether oxygens (including phenoxy) is 3. The Labute approximate surface area is 140 Å². The Morgan fingerprint density at radius 2 is 1.96 bits per heavy atom. The van der Waals surface area contributed by atoms with Gasteiger partial charge >= 0.3 is 0 Å². The van der Waals surface area contributed by atoms with Gasteiger partial charge in [0.25, 0.3) is 0 Å². The van der Waals surface area contributed by atoms with Crippen molar-refractivity contribution >= 4 is 21.6 Å². The van der Waals surface area contributed by atoms with Crippen molar-refractivity contribution in [3.05, 3.63) is 17.2 Å². The van der Waals surface area contributed by atoms with Crippen LogP contribution in [0, 0.1) is 11.3 Å². The number of hydrogen-bond acceptors (Lipinski definition) is 6. The van der Waals surface area contributed by atoms with Crippen LogP contribution in [0.4, 0.5) is 0 Å². The molecule has 0 spiro atoms. The predicted molar refractivity (Wildman–Crippen MR) is 83.3 cm³/mol. The Morgan fingerprint density at radius 1 is 1.35 bits per heavy atom. The van der Waals surface area contributed by atoms with Crippen LogP contribution in [0.2, 0.25) is 5.02 Å². The Hall–Kier alpha value is -1.53. The molecule has 0 radical (unpaired) electrons. The summed E-state index contributed by atoms with van der Waals surface area (Å²) >= 11 is 6.11. The van der Waals surface area contributed by atoms with Gasteiger partial charge in [-0.2, -0.15) is 9.57 Å². The number of hydrogen-bond donors (Lipinski definition) is 0. The van der Waals surface area contributed by atoms with Crippen molar-refractivity contribution in [1.82, 2.24) is 4.31 Å². The van der Waals surface area contributed by atoms with E-state index in [9.17, 15) is 13.7 Å². The minimum atomic E-state index is -4.02. The molecule has 1 aromatic rings. The molecule has 1 heterocycles. The first-order valence-corrected chi connectivity index (χ1v) is 8.54. The maximum atomic E-state index is 12.9. The second-order valence-electron chi connectivity index (χ2n) is 5.06. The van der Waals surface area contributed by atoms with Crippen molar-refractivity contribution in [3.63, 3.8) is 0 Å². The summed E-state index contributed by atoms with van der Waals surface area (Å²) < 4.78 is 42.3. The lowest BCUT2D eigenvalue weighted by Gasteiger charge is -2.30. The molecule has 7 nitrogen and oxygen atoms in total. The number of methoxy groups -OCH3 is 2. The Bertz CT molecular complexity index is 738. The van der Waals surface area contributed by atoms with E-state index in [0.29, 0.717) is 18.8 Å². The van der Waals surface area contributed by atoms with Gasteiger partial charge < -0.3 is 14.2 Å². The predicted octanol–water partition coefficient (Wildman–Crippen LogP) is 1.66. The molecule has 1 atom stereocenters. The first-order valence-electron chi connectivity index (χ1n) is 6.72. The van der Waals surface area contributed by atoms with E-state index in [2.05, 4.69) is 0 Å². The summed E-state index contributed by atoms with van der Waals surface area (Å²) in [5.74, 6) is 0.552. The summed E-state index contributed by atoms with van der Waals surface area (Å²) in [6.45, 7) is 0.344. The van der Waals surface area contributed by atoms with Gasteiger partial charge in [0.15, 0.2) is 11.5 Å². The molecule has 0 bridgehead atoms. The maximum absolute atomic E-state index is 12.9. The van der Waals surface area contributed by atoms with Gasteiger partial charge in [-0.25, -0.2) is 8.42 Å². The van der Waals surface area contributed by atoms with Gasteiger partial charge in [0, 0.05) is 32.2 Å². The van der Waals surface area contributed by atoms with E-state index in [1.165, 1.54) is 33.4 Å². The molecule has 0 N–H and O–H groups in total. The molecule has 0 saturated carbocycles. The SMILES string of the molecule is COc1cc(Cl)c(S(=O)(=O)N(C)C2(C#N)CCOC2)cc1OC. The summed E-state index contributed by atoms with van der Waals surface area (Å²) in [6, 6.07) is 4.70. The maximum Gasteiger partial charge on any atom is 0.245 e. The number of nitrogens with zero attached hydrogens (tertiary/aromatic N) is 2. The van der Waals surface area contributed by atoms with Crippen molar-refractivity contribution in [3.8, 4) is 17.6 Å². The van der Waals surface area contributed by atoms with Crippen LogP contribution >= 0.6 is 11.6 Å². The van der Waals surface area contributed by atoms with Crippen molar-refractivity contribution < 1.29 is 22.6 Å². The number of rotatable bonds is 5. The van der Waals surface area contributed by atoms with Crippen LogP contribution in [-0.2, 0) is 14.8 Å². The molecular formula is C14H17ClN2O5S. The van der Waals surface area contributed by atoms with Crippen LogP contribution in [0.1, 0.15) is 6.42 Å². The zero-order valence-electron chi connectivity index (χ0n) is 13.0. The molecule has 126 valence electrons. The molecule has 23 heavy (non-hydrogen) atoms. The van der Waals surface area contributed by atoms with Gasteiger partial charge in [-0.15, -0.1) is 0 Å². The van der Waals surface area contributed by atoms with Crippen molar-refractivity contribution in [2.45, 2.75) is 16.9 Å². The number of sulfonamides is 1. The average Bonchev–Trinajstić information content (AvgIpc) is 3.03. The fourth-order valence-corrected chi connectivity index (χ4v) is 4.32. The Morgan fingerprint density at radius 3 is 2.43 bits per heavy atom. The Balaban J connectivity index is 2.54. The van der Waals surface area contributed by atoms with Crippen LogP contribution in [0.25, 0.3) is 0 Å². The minimum Gasteiger partial charge on any atom is -0.493 e. The molecule has 1 aliphatic heterocycles. The lowest BCUT2D eigenvalue weighted by atomic mass is 10.0. The van der Waals surface area contributed by atoms with E-state index in [-0.39, 0.29) is 22.3 Å². The third kappa shape index (κ3) is 2.97. The van der Waals surface area contributed by atoms with Crippen LogP contribution in [0.3, 0.4) is 0 Å². The van der Waals surface area contributed by atoms with Crippen LogP contribution in [0.5, 0.6) is 11.5 Å². The number of likely N-dealkylation sites (N-methyl/N-ethyl adjacent to an activating group) is 1. The minimum absolute atomic E-state index is 0.0125. The molecule has 1 fully saturated rings. The van der Waals surface area contributed by atoms with Crippen LogP contribution in [-0.4, -0.2) is 52.7 Å². The summed E-state index contributed by atoms with van der Waals surface area (Å²) in [7, 11) is 0.152. The molecule has 0 aromatic heterocycles. The highest BCUT2D eigenvalue weighted by molar-refractivity contribution is 7.89. The summed E-state index contributed by atoms with van der Waals surface area (Å²) in [5.41, 5.74) is -1.24. The highest BCUT2D eigenvalue weighted by atomic mass is 35.5. The normalized spacial score (nSPS) is 21.2. The van der Waals surface area contributed by atoms with Crippen LogP contribution in [0.15, 0.2) is 17.0 Å². The van der Waals surface area contributed by atoms with E-state index in [1.54, 1.807) is 0 Å². The van der Waals surface area contributed by atoms with Gasteiger partial charge in [0.05, 0.1) is 31.9 Å². The fourth-order valence-electron chi connectivity index (χ4n) is 2.37. The summed E-state index contributed by atoms with van der Waals surface area (Å²) in [5, 5.41) is 9.42. The van der Waals surface area contributed by atoms with E-state index >= 15 is 0 Å². The highest BCUT2D eigenvalue weighted by Crippen LogP contribution is 2.38. The Kier molecular flexibility index (Phi) is 5.06. The largest absolute Gasteiger partial charge is 0.493 e. The van der Waals surface area contributed by atoms with Crippen molar-refractivity contribution in [2.75, 3.05) is 34.5 Å². The van der Waals surface area contributed by atoms with Gasteiger partial charge in [-0.1, -0.05) is 11.6 Å². The second kappa shape index (κ2) is 6.53. The molecule has 1 saturated heterocycles. The second-order valence-corrected chi connectivity index (χ2v) is 7.40. The van der Waals surface area contributed by atoms with E-state index < -0.39 is 15.6 Å². The number of nitriles is 1. The quantitative estimate of drug-likeness (QED) is 0.793. The zero-order valence-corrected chi connectivity index (χ0v) is 14.6. The van der Waals surface area contributed by atoms with E-state index in [0.717, 1.165) is 4.31 Å². The summed E-state index contributed by atoms with van der Waals surface area (Å²) in [4.78, 5) is -0.152. The molecule has 2 rings (SSSR count). The molecule has 1 aliphatic rings. The number of halogens is 1. The monoisotopic (exact) mass is 360 g/mol. The topological polar surface area (TPSA) is 88.9 Å². The lowest BCUT2D eigenvalue weighted by molar-refractivity contribution is 0.162. The highest BCUT2D eigenvalue weighted by Gasteiger charge is 2.46. The van der Waals surface area contributed by atoms with Crippen molar-refractivity contribution in [2.24, 2.45) is 0 Å². The zero-order chi connectivity index (χ0) is 17.3. The number of benzene rings is 1. The fraction of sp³-hybridized carbons (Fsp3) is 0.500. The van der Waals surface area contributed by atoms with E-state index in [4.69, 9.17) is 25.8 Å². The lowest BCUT2D eigenvalue weighted by Crippen LogP contribution is -2.49. The molecule has 1 aromatic carbocycles. The van der Waals surface area contributed by atoms with Gasteiger partial charge in [-0.3, -0.25) is 0 Å². The smallest absolute Gasteiger partial charge is 0.245 e. The third-order valence-corrected chi connectivity index (χ3v) is 6.28. The standard InChI is InChI=1S/C14H17ClN2O5S/c1-17(14(8-16)4-5-22-9-14)23(18,19)13-7-12(21-3)11(20-2)6-10(13)15/h6-7H,4-5,9H2,1-3H3. The molecular weight excluding hydrogens is 344 g/mol. The summed E-state index contributed by atoms with van der Waals surface area (Å²) in [6.07, 6.45) is 0.296. The van der Waals surface area contributed by atoms with Gasteiger partial charge in [0.2, 0.25) is 10.0 Å². The third-order valence-electron chi connectivity index (χ3n) is 3.89. The van der Waals surface area contributed by atoms with Gasteiger partial charge in [0.1, 0.15) is 10.4 Å². The van der Waals surface area contributed by atoms with Crippen molar-refractivity contribution in [1.29, 1.82) is 5.26 Å². The van der Waals surface area contributed by atoms with Crippen LogP contribution < -0.4 is 9.47 Å². The van der Waals surface area contributed by atoms with E-state index in [1.807, 2.05) is 6.07 Å². The molecule has 1 unspecified atom stereocenters.